The molecule has 0 aliphatic carbocycles. The Morgan fingerprint density at radius 2 is 1.05 bits per heavy atom. The van der Waals surface area contributed by atoms with Crippen LogP contribution in [0.1, 0.15) is 53.4 Å². The van der Waals surface area contributed by atoms with Crippen LogP contribution in [0.25, 0.3) is 0 Å². The fourth-order valence-electron chi connectivity index (χ4n) is 2.96. The van der Waals surface area contributed by atoms with Gasteiger partial charge in [-0.25, -0.2) is 0 Å². The van der Waals surface area contributed by atoms with E-state index in [1.165, 1.54) is 65.0 Å². The van der Waals surface area contributed by atoms with Gasteiger partial charge in [0.1, 0.15) is 0 Å². The number of hydrogen-bond acceptors (Lipinski definition) is 2. The second-order valence-corrected chi connectivity index (χ2v) is 15.9. The molecule has 3 heteroatoms. The van der Waals surface area contributed by atoms with E-state index in [0.717, 1.165) is 0 Å². The van der Waals surface area contributed by atoms with Crippen LogP contribution in [0.2, 0.25) is 13.0 Å². The van der Waals surface area contributed by atoms with Crippen molar-refractivity contribution in [1.29, 1.82) is 0 Å². The molecule has 120 valence electrons. The van der Waals surface area contributed by atoms with Crippen molar-refractivity contribution in [2.75, 3.05) is 39.3 Å². The third kappa shape index (κ3) is 11.4. The Morgan fingerprint density at radius 1 is 0.650 bits per heavy atom. The standard InChI is InChI=1S/2C8H18N.CH3.In/c2*1-4-7-9(6-3)8-5-2;;/h2*1,4-8H2,2-3H3;1H3;. The Kier molecular flexibility index (Phi) is 15.3. The quantitative estimate of drug-likeness (QED) is 0.438. The summed E-state index contributed by atoms with van der Waals surface area (Å²) in [4.78, 5) is 5.25. The number of nitrogens with zero attached hydrogens (tertiary/aromatic N) is 2. The topological polar surface area (TPSA) is 6.48 Å². The van der Waals surface area contributed by atoms with Gasteiger partial charge in [0.25, 0.3) is 0 Å². The van der Waals surface area contributed by atoms with Crippen molar-refractivity contribution in [3.63, 3.8) is 0 Å². The van der Waals surface area contributed by atoms with Gasteiger partial charge >= 0.3 is 137 Å². The van der Waals surface area contributed by atoms with E-state index in [2.05, 4.69) is 42.2 Å². The molecule has 0 heterocycles. The molecule has 0 aromatic heterocycles. The summed E-state index contributed by atoms with van der Waals surface area (Å²) in [6.45, 7) is 16.9. The Morgan fingerprint density at radius 3 is 1.35 bits per heavy atom. The van der Waals surface area contributed by atoms with Crippen LogP contribution >= 0.6 is 0 Å². The first kappa shape index (κ1) is 20.8. The van der Waals surface area contributed by atoms with Crippen molar-refractivity contribution < 1.29 is 0 Å². The summed E-state index contributed by atoms with van der Waals surface area (Å²) >= 11 is -1.12. The van der Waals surface area contributed by atoms with Crippen LogP contribution < -0.4 is 0 Å². The molecule has 0 aliphatic rings. The Balaban J connectivity index is 3.60. The maximum absolute atomic E-state index is 2.65. The molecule has 0 saturated carbocycles. The molecule has 0 amide bonds. The van der Waals surface area contributed by atoms with Crippen molar-refractivity contribution in [3.8, 4) is 0 Å². The second-order valence-electron chi connectivity index (χ2n) is 6.26. The third-order valence-corrected chi connectivity index (χ3v) is 12.3. The molecule has 20 heavy (non-hydrogen) atoms. The van der Waals surface area contributed by atoms with Crippen LogP contribution in [0.5, 0.6) is 0 Å². The minimum absolute atomic E-state index is 1.12. The van der Waals surface area contributed by atoms with Gasteiger partial charge in [-0.2, -0.15) is 0 Å². The average Bonchev–Trinajstić information content (AvgIpc) is 2.45. The van der Waals surface area contributed by atoms with Crippen LogP contribution in [0, 0.1) is 0 Å². The Hall–Kier alpha value is 0.790. The van der Waals surface area contributed by atoms with Gasteiger partial charge in [-0.05, 0) is 0 Å². The van der Waals surface area contributed by atoms with E-state index in [4.69, 9.17) is 0 Å². The van der Waals surface area contributed by atoms with Gasteiger partial charge in [0.2, 0.25) is 0 Å². The second kappa shape index (κ2) is 14.7. The van der Waals surface area contributed by atoms with Gasteiger partial charge in [-0.15, -0.1) is 0 Å². The molecule has 0 radical (unpaired) electrons. The average molecular weight is 386 g/mol. The molecular formula is C17H39InN2. The third-order valence-electron chi connectivity index (χ3n) is 4.32. The van der Waals surface area contributed by atoms with Gasteiger partial charge < -0.3 is 0 Å². The zero-order valence-electron chi connectivity index (χ0n) is 15.0. The summed E-state index contributed by atoms with van der Waals surface area (Å²) in [6.07, 6.45) is 5.54. The molecule has 0 unspecified atom stereocenters. The molecule has 0 aromatic rings. The molecule has 0 bridgehead atoms. The zero-order chi connectivity index (χ0) is 15.2. The van der Waals surface area contributed by atoms with E-state index in [9.17, 15) is 0 Å². The summed E-state index contributed by atoms with van der Waals surface area (Å²) in [6, 6.07) is 0. The zero-order valence-corrected chi connectivity index (χ0v) is 18.3. The van der Waals surface area contributed by atoms with Crippen molar-refractivity contribution in [2.24, 2.45) is 0 Å². The van der Waals surface area contributed by atoms with Gasteiger partial charge in [0.05, 0.1) is 0 Å². The first-order valence-corrected chi connectivity index (χ1v) is 17.1. The molecule has 0 aromatic carbocycles. The van der Waals surface area contributed by atoms with Crippen LogP contribution in [0.15, 0.2) is 0 Å². The molecule has 0 fully saturated rings. The van der Waals surface area contributed by atoms with Gasteiger partial charge in [0, 0.05) is 0 Å². The summed E-state index contributed by atoms with van der Waals surface area (Å²) < 4.78 is 5.87. The van der Waals surface area contributed by atoms with E-state index >= 15 is 0 Å². The fraction of sp³-hybridized carbons (Fsp3) is 1.00. The predicted octanol–water partition coefficient (Wildman–Crippen LogP) is 4.36. The molecule has 0 saturated heterocycles. The van der Waals surface area contributed by atoms with Crippen molar-refractivity contribution in [2.45, 2.75) is 66.4 Å². The summed E-state index contributed by atoms with van der Waals surface area (Å²) in [5.41, 5.74) is 0. The van der Waals surface area contributed by atoms with Crippen LogP contribution in [0.4, 0.5) is 0 Å². The first-order chi connectivity index (χ1) is 9.67. The maximum atomic E-state index is 2.65. The van der Waals surface area contributed by atoms with E-state index in [-0.39, 0.29) is 0 Å². The summed E-state index contributed by atoms with van der Waals surface area (Å²) in [7, 11) is 0. The van der Waals surface area contributed by atoms with E-state index < -0.39 is 21.4 Å². The van der Waals surface area contributed by atoms with Crippen molar-refractivity contribution >= 4 is 21.4 Å². The van der Waals surface area contributed by atoms with E-state index in [1.54, 1.807) is 8.35 Å². The molecule has 2 nitrogen and oxygen atoms in total. The molecule has 0 atom stereocenters. The Labute approximate surface area is 136 Å². The van der Waals surface area contributed by atoms with Crippen LogP contribution in [0.3, 0.4) is 0 Å². The summed E-state index contributed by atoms with van der Waals surface area (Å²) in [5.74, 6) is 0. The SMILES string of the molecule is CCCN(CC)CC[CH2][In]([CH3])[CH2]CCN(CC)CCC. The number of rotatable bonds is 14. The number of hydrogen-bond donors (Lipinski definition) is 0. The predicted molar refractivity (Wildman–Crippen MR) is 95.3 cm³/mol. The monoisotopic (exact) mass is 386 g/mol. The van der Waals surface area contributed by atoms with Crippen molar-refractivity contribution in [1.82, 2.24) is 9.80 Å². The fourth-order valence-corrected chi connectivity index (χ4v) is 8.80. The Bertz CT molecular complexity index is 179. The first-order valence-electron chi connectivity index (χ1n) is 9.12. The summed E-state index contributed by atoms with van der Waals surface area (Å²) in [5, 5.41) is 0. The molecule has 0 aliphatic heterocycles. The van der Waals surface area contributed by atoms with Crippen LogP contribution in [-0.2, 0) is 0 Å². The van der Waals surface area contributed by atoms with Gasteiger partial charge in [-0.1, -0.05) is 0 Å². The minimum atomic E-state index is -1.12. The van der Waals surface area contributed by atoms with E-state index in [1.807, 2.05) is 0 Å². The normalized spacial score (nSPS) is 11.6. The molecular weight excluding hydrogens is 347 g/mol. The van der Waals surface area contributed by atoms with Gasteiger partial charge in [0.15, 0.2) is 0 Å². The van der Waals surface area contributed by atoms with Crippen LogP contribution in [-0.4, -0.2) is 70.5 Å². The molecule has 0 N–H and O–H groups in total. The molecule has 0 rings (SSSR count). The van der Waals surface area contributed by atoms with E-state index in [0.29, 0.717) is 0 Å². The van der Waals surface area contributed by atoms with Crippen molar-refractivity contribution in [3.05, 3.63) is 0 Å². The van der Waals surface area contributed by atoms with Gasteiger partial charge in [-0.3, -0.25) is 0 Å². The molecule has 0 spiro atoms.